The zero-order valence-corrected chi connectivity index (χ0v) is 13.3. The highest BCUT2D eigenvalue weighted by Gasteiger charge is 2.09. The van der Waals surface area contributed by atoms with Crippen LogP contribution in [0.3, 0.4) is 0 Å². The van der Waals surface area contributed by atoms with Crippen LogP contribution in [0.5, 0.6) is 0 Å². The van der Waals surface area contributed by atoms with Crippen molar-refractivity contribution in [2.75, 3.05) is 5.32 Å². The Labute approximate surface area is 135 Å². The SMILES string of the molecule is NC(=S)c1ccc(C(=O)Nc2cc(Cl)ccc2Br)cc1. The Kier molecular flexibility index (Phi) is 4.75. The second kappa shape index (κ2) is 6.35. The molecule has 0 radical (unpaired) electrons. The molecule has 3 nitrogen and oxygen atoms in total. The van der Waals surface area contributed by atoms with E-state index in [0.29, 0.717) is 21.3 Å². The third kappa shape index (κ3) is 3.56. The number of hydrogen-bond donors (Lipinski definition) is 2. The van der Waals surface area contributed by atoms with Crippen LogP contribution in [0.1, 0.15) is 15.9 Å². The Bertz CT molecular complexity index is 673. The topological polar surface area (TPSA) is 55.1 Å². The summed E-state index contributed by atoms with van der Waals surface area (Å²) in [6.07, 6.45) is 0. The van der Waals surface area contributed by atoms with Crippen molar-refractivity contribution in [2.45, 2.75) is 0 Å². The van der Waals surface area contributed by atoms with Gasteiger partial charge in [-0.25, -0.2) is 0 Å². The van der Waals surface area contributed by atoms with Crippen LogP contribution in [0, 0.1) is 0 Å². The van der Waals surface area contributed by atoms with E-state index in [1.54, 1.807) is 42.5 Å². The lowest BCUT2D eigenvalue weighted by Crippen LogP contribution is -2.13. The first-order valence-electron chi connectivity index (χ1n) is 5.63. The summed E-state index contributed by atoms with van der Waals surface area (Å²) in [5, 5.41) is 3.33. The van der Waals surface area contributed by atoms with Crippen LogP contribution in [0.2, 0.25) is 5.02 Å². The van der Waals surface area contributed by atoms with Crippen molar-refractivity contribution in [3.8, 4) is 0 Å². The molecule has 0 saturated carbocycles. The maximum Gasteiger partial charge on any atom is 0.255 e. The van der Waals surface area contributed by atoms with Gasteiger partial charge in [-0.15, -0.1) is 0 Å². The third-order valence-corrected chi connectivity index (χ3v) is 3.77. The Balaban J connectivity index is 2.19. The molecule has 0 saturated heterocycles. The van der Waals surface area contributed by atoms with Crippen molar-refractivity contribution in [1.82, 2.24) is 0 Å². The molecule has 0 fully saturated rings. The summed E-state index contributed by atoms with van der Waals surface area (Å²) in [4.78, 5) is 12.4. The highest BCUT2D eigenvalue weighted by Crippen LogP contribution is 2.26. The number of anilines is 1. The lowest BCUT2D eigenvalue weighted by molar-refractivity contribution is 0.102. The van der Waals surface area contributed by atoms with Crippen LogP contribution >= 0.6 is 39.7 Å². The van der Waals surface area contributed by atoms with Crippen molar-refractivity contribution in [3.63, 3.8) is 0 Å². The highest BCUT2D eigenvalue weighted by atomic mass is 79.9. The first-order valence-corrected chi connectivity index (χ1v) is 7.21. The van der Waals surface area contributed by atoms with Crippen molar-refractivity contribution < 1.29 is 4.79 Å². The number of carbonyl (C=O) groups is 1. The standard InChI is InChI=1S/C14H10BrClN2OS/c15-11-6-5-10(16)7-12(11)18-14(19)9-3-1-8(2-4-9)13(17)20/h1-7H,(H2,17,20)(H,18,19). The molecule has 0 atom stereocenters. The minimum absolute atomic E-state index is 0.234. The van der Waals surface area contributed by atoms with Crippen LogP contribution in [0.4, 0.5) is 5.69 Å². The summed E-state index contributed by atoms with van der Waals surface area (Å²) in [7, 11) is 0. The lowest BCUT2D eigenvalue weighted by Gasteiger charge is -2.08. The molecule has 0 heterocycles. The van der Waals surface area contributed by atoms with Crippen LogP contribution in [0.15, 0.2) is 46.9 Å². The number of benzene rings is 2. The molecule has 0 aliphatic heterocycles. The monoisotopic (exact) mass is 368 g/mol. The molecule has 0 unspecified atom stereocenters. The van der Waals surface area contributed by atoms with Crippen molar-refractivity contribution in [1.29, 1.82) is 0 Å². The highest BCUT2D eigenvalue weighted by molar-refractivity contribution is 9.10. The van der Waals surface area contributed by atoms with Crippen LogP contribution in [-0.4, -0.2) is 10.9 Å². The van der Waals surface area contributed by atoms with Gasteiger partial charge in [0.1, 0.15) is 4.99 Å². The molecular weight excluding hydrogens is 360 g/mol. The maximum atomic E-state index is 12.1. The number of halogens is 2. The minimum atomic E-state index is -0.234. The van der Waals surface area contributed by atoms with Gasteiger partial charge in [-0.3, -0.25) is 4.79 Å². The molecule has 2 aromatic carbocycles. The van der Waals surface area contributed by atoms with E-state index < -0.39 is 0 Å². The number of nitrogens with two attached hydrogens (primary N) is 1. The van der Waals surface area contributed by atoms with Crippen molar-refractivity contribution in [2.24, 2.45) is 5.73 Å². The van der Waals surface area contributed by atoms with Gasteiger partial charge in [0, 0.05) is 20.6 Å². The zero-order chi connectivity index (χ0) is 14.7. The molecular formula is C14H10BrClN2OS. The predicted octanol–water partition coefficient (Wildman–Crippen LogP) is 3.99. The predicted molar refractivity (Wildman–Crippen MR) is 89.4 cm³/mol. The van der Waals surface area contributed by atoms with E-state index in [2.05, 4.69) is 21.2 Å². The molecule has 0 aromatic heterocycles. The average Bonchev–Trinajstić information content (AvgIpc) is 2.43. The Morgan fingerprint density at radius 2 is 1.75 bits per heavy atom. The van der Waals surface area contributed by atoms with Gasteiger partial charge >= 0.3 is 0 Å². The smallest absolute Gasteiger partial charge is 0.255 e. The normalized spacial score (nSPS) is 10.1. The molecule has 6 heteroatoms. The van der Waals surface area contributed by atoms with Gasteiger partial charge in [0.2, 0.25) is 0 Å². The van der Waals surface area contributed by atoms with Gasteiger partial charge in [-0.05, 0) is 46.3 Å². The molecule has 3 N–H and O–H groups in total. The third-order valence-electron chi connectivity index (χ3n) is 2.61. The van der Waals surface area contributed by atoms with Gasteiger partial charge in [0.25, 0.3) is 5.91 Å². The fourth-order valence-corrected chi connectivity index (χ4v) is 2.23. The van der Waals surface area contributed by atoms with E-state index in [9.17, 15) is 4.79 Å². The molecule has 0 bridgehead atoms. The molecule has 0 aliphatic rings. The number of carbonyl (C=O) groups excluding carboxylic acids is 1. The molecule has 20 heavy (non-hydrogen) atoms. The first kappa shape index (κ1) is 15.0. The summed E-state index contributed by atoms with van der Waals surface area (Å²) in [5.41, 5.74) is 7.36. The first-order chi connectivity index (χ1) is 9.47. The van der Waals surface area contributed by atoms with Gasteiger partial charge in [0.15, 0.2) is 0 Å². The van der Waals surface area contributed by atoms with E-state index >= 15 is 0 Å². The van der Waals surface area contributed by atoms with E-state index in [0.717, 1.165) is 10.0 Å². The second-order valence-corrected chi connectivity index (χ2v) is 5.75. The Morgan fingerprint density at radius 1 is 1.15 bits per heavy atom. The fraction of sp³-hybridized carbons (Fsp3) is 0. The average molecular weight is 370 g/mol. The number of hydrogen-bond acceptors (Lipinski definition) is 2. The minimum Gasteiger partial charge on any atom is -0.389 e. The van der Waals surface area contributed by atoms with E-state index in [4.69, 9.17) is 29.6 Å². The van der Waals surface area contributed by atoms with Gasteiger partial charge in [-0.2, -0.15) is 0 Å². The Hall–Kier alpha value is -1.43. The van der Waals surface area contributed by atoms with Crippen molar-refractivity contribution in [3.05, 3.63) is 63.1 Å². The summed E-state index contributed by atoms with van der Waals surface area (Å²) in [5.74, 6) is -0.234. The fourth-order valence-electron chi connectivity index (χ4n) is 1.57. The number of thiocarbonyl (C=S) groups is 1. The van der Waals surface area contributed by atoms with Gasteiger partial charge in [0.05, 0.1) is 5.69 Å². The number of nitrogens with one attached hydrogen (secondary N) is 1. The molecule has 1 amide bonds. The maximum absolute atomic E-state index is 12.1. The zero-order valence-electron chi connectivity index (χ0n) is 10.2. The van der Waals surface area contributed by atoms with Gasteiger partial charge < -0.3 is 11.1 Å². The number of amides is 1. The van der Waals surface area contributed by atoms with Crippen LogP contribution < -0.4 is 11.1 Å². The summed E-state index contributed by atoms with van der Waals surface area (Å²) in [6.45, 7) is 0. The Morgan fingerprint density at radius 3 is 2.35 bits per heavy atom. The summed E-state index contributed by atoms with van der Waals surface area (Å²) < 4.78 is 0.759. The second-order valence-electron chi connectivity index (χ2n) is 4.02. The van der Waals surface area contributed by atoms with E-state index in [-0.39, 0.29) is 5.91 Å². The molecule has 0 aliphatic carbocycles. The van der Waals surface area contributed by atoms with Gasteiger partial charge in [-0.1, -0.05) is 36.0 Å². The molecule has 2 aromatic rings. The van der Waals surface area contributed by atoms with Crippen LogP contribution in [0.25, 0.3) is 0 Å². The molecule has 0 spiro atoms. The van der Waals surface area contributed by atoms with E-state index in [1.165, 1.54) is 0 Å². The van der Waals surface area contributed by atoms with Crippen molar-refractivity contribution >= 4 is 56.3 Å². The molecule has 2 rings (SSSR count). The summed E-state index contributed by atoms with van der Waals surface area (Å²) in [6, 6.07) is 11.9. The molecule has 102 valence electrons. The summed E-state index contributed by atoms with van der Waals surface area (Å²) >= 11 is 14.1. The number of rotatable bonds is 3. The quantitative estimate of drug-likeness (QED) is 0.804. The van der Waals surface area contributed by atoms with E-state index in [1.807, 2.05) is 0 Å². The van der Waals surface area contributed by atoms with Crippen LogP contribution in [-0.2, 0) is 0 Å². The lowest BCUT2D eigenvalue weighted by atomic mass is 10.1. The largest absolute Gasteiger partial charge is 0.389 e.